The summed E-state index contributed by atoms with van der Waals surface area (Å²) in [4.78, 5) is 2.47. The monoisotopic (exact) mass is 366 g/mol. The topological polar surface area (TPSA) is 40.6 Å². The summed E-state index contributed by atoms with van der Waals surface area (Å²) in [5.74, 6) is 2.42. The van der Waals surface area contributed by atoms with Gasteiger partial charge in [0.1, 0.15) is 4.21 Å². The van der Waals surface area contributed by atoms with E-state index in [1.165, 1.54) is 17.9 Å². The first-order valence-electron chi connectivity index (χ1n) is 7.14. The third-order valence-corrected chi connectivity index (χ3v) is 8.80. The number of rotatable bonds is 3. The van der Waals surface area contributed by atoms with E-state index in [0.29, 0.717) is 27.7 Å². The second-order valence-corrected chi connectivity index (χ2v) is 10.4. The van der Waals surface area contributed by atoms with E-state index in [1.807, 2.05) is 11.8 Å². The molecule has 1 aromatic heterocycles. The molecule has 118 valence electrons. The van der Waals surface area contributed by atoms with Crippen LogP contribution in [-0.4, -0.2) is 61.3 Å². The van der Waals surface area contributed by atoms with E-state index in [1.54, 1.807) is 16.4 Å². The zero-order chi connectivity index (χ0) is 14.9. The van der Waals surface area contributed by atoms with Gasteiger partial charge < -0.3 is 0 Å². The van der Waals surface area contributed by atoms with Crippen LogP contribution in [0.3, 0.4) is 0 Å². The van der Waals surface area contributed by atoms with Gasteiger partial charge in [0.15, 0.2) is 0 Å². The Hall–Kier alpha value is 0.210. The highest BCUT2D eigenvalue weighted by atomic mass is 35.5. The van der Waals surface area contributed by atoms with Gasteiger partial charge in [0, 0.05) is 31.4 Å². The van der Waals surface area contributed by atoms with Crippen molar-refractivity contribution in [1.82, 2.24) is 9.21 Å². The van der Waals surface area contributed by atoms with Crippen molar-refractivity contribution < 1.29 is 8.42 Å². The lowest BCUT2D eigenvalue weighted by Crippen LogP contribution is -2.39. The minimum Gasteiger partial charge on any atom is -0.298 e. The Bertz CT molecular complexity index is 584. The molecule has 1 atom stereocenters. The van der Waals surface area contributed by atoms with Crippen molar-refractivity contribution in [3.63, 3.8) is 0 Å². The predicted molar refractivity (Wildman–Crippen MR) is 90.0 cm³/mol. The number of sulfonamides is 1. The fourth-order valence-electron chi connectivity index (χ4n) is 2.89. The molecule has 21 heavy (non-hydrogen) atoms. The van der Waals surface area contributed by atoms with Crippen LogP contribution in [0.5, 0.6) is 0 Å². The molecule has 0 amide bonds. The van der Waals surface area contributed by atoms with Gasteiger partial charge in [0.2, 0.25) is 0 Å². The van der Waals surface area contributed by atoms with E-state index in [2.05, 4.69) is 4.90 Å². The van der Waals surface area contributed by atoms with Crippen LogP contribution in [0, 0.1) is 0 Å². The molecule has 0 N–H and O–H groups in total. The normalized spacial score (nSPS) is 26.0. The first-order valence-corrected chi connectivity index (χ1v) is 10.9. The number of halogens is 1. The number of nitrogens with zero attached hydrogens (tertiary/aromatic N) is 2. The third kappa shape index (κ3) is 3.59. The van der Waals surface area contributed by atoms with Crippen LogP contribution < -0.4 is 0 Å². The number of hydrogen-bond donors (Lipinski definition) is 0. The van der Waals surface area contributed by atoms with Crippen LogP contribution in [0.2, 0.25) is 4.34 Å². The molecule has 2 saturated heterocycles. The van der Waals surface area contributed by atoms with Crippen molar-refractivity contribution >= 4 is 44.7 Å². The molecule has 3 heterocycles. The zero-order valence-electron chi connectivity index (χ0n) is 11.7. The summed E-state index contributed by atoms with van der Waals surface area (Å²) < 4.78 is 27.8. The van der Waals surface area contributed by atoms with Crippen molar-refractivity contribution in [2.75, 3.05) is 37.7 Å². The number of hydrogen-bond acceptors (Lipinski definition) is 5. The Labute approximate surface area is 139 Å². The molecule has 0 aromatic carbocycles. The smallest absolute Gasteiger partial charge is 0.252 e. The number of thiophene rings is 1. The van der Waals surface area contributed by atoms with E-state index < -0.39 is 10.0 Å². The first-order chi connectivity index (χ1) is 10.1. The molecular weight excluding hydrogens is 348 g/mol. The van der Waals surface area contributed by atoms with Gasteiger partial charge in [0.25, 0.3) is 10.0 Å². The average molecular weight is 367 g/mol. The van der Waals surface area contributed by atoms with Crippen LogP contribution in [-0.2, 0) is 10.0 Å². The molecule has 0 radical (unpaired) electrons. The molecule has 0 aliphatic carbocycles. The van der Waals surface area contributed by atoms with E-state index in [-0.39, 0.29) is 0 Å². The van der Waals surface area contributed by atoms with Crippen molar-refractivity contribution in [1.29, 1.82) is 0 Å². The van der Waals surface area contributed by atoms with Gasteiger partial charge >= 0.3 is 0 Å². The molecule has 2 aliphatic rings. The molecular formula is C13H19ClN2O2S3. The third-order valence-electron chi connectivity index (χ3n) is 4.05. The molecule has 0 spiro atoms. The van der Waals surface area contributed by atoms with Gasteiger partial charge in [-0.1, -0.05) is 11.6 Å². The van der Waals surface area contributed by atoms with Crippen LogP contribution in [0.4, 0.5) is 0 Å². The quantitative estimate of drug-likeness (QED) is 0.824. The van der Waals surface area contributed by atoms with Gasteiger partial charge in [0.05, 0.1) is 4.34 Å². The Morgan fingerprint density at radius 1 is 1.19 bits per heavy atom. The van der Waals surface area contributed by atoms with E-state index in [4.69, 9.17) is 11.6 Å². The molecule has 1 unspecified atom stereocenters. The summed E-state index contributed by atoms with van der Waals surface area (Å²) in [7, 11) is -3.38. The van der Waals surface area contributed by atoms with Gasteiger partial charge in [-0.3, -0.25) is 4.90 Å². The Balaban J connectivity index is 1.69. The number of thioether (sulfide) groups is 1. The molecule has 4 nitrogen and oxygen atoms in total. The standard InChI is InChI=1S/C13H19ClN2O2S3/c14-12-2-3-13(20-12)21(17,18)16-6-1-5-15(7-8-16)11-4-9-19-10-11/h2-3,11H,1,4-10H2. The molecule has 2 aliphatic heterocycles. The first kappa shape index (κ1) is 16.1. The summed E-state index contributed by atoms with van der Waals surface area (Å²) in [6.07, 6.45) is 2.14. The molecule has 2 fully saturated rings. The summed E-state index contributed by atoms with van der Waals surface area (Å²) in [5, 5.41) is 0. The largest absolute Gasteiger partial charge is 0.298 e. The molecule has 3 rings (SSSR count). The summed E-state index contributed by atoms with van der Waals surface area (Å²) in [6, 6.07) is 3.89. The lowest BCUT2D eigenvalue weighted by molar-refractivity contribution is 0.223. The molecule has 1 aromatic rings. The Kier molecular flexibility index (Phi) is 5.18. The van der Waals surface area contributed by atoms with E-state index in [9.17, 15) is 8.42 Å². The fraction of sp³-hybridized carbons (Fsp3) is 0.692. The average Bonchev–Trinajstić information content (AvgIpc) is 3.06. The minimum absolute atomic E-state index is 0.359. The highest BCUT2D eigenvalue weighted by Crippen LogP contribution is 2.29. The Morgan fingerprint density at radius 3 is 2.71 bits per heavy atom. The maximum atomic E-state index is 12.6. The second-order valence-electron chi connectivity index (χ2n) is 5.37. The highest BCUT2D eigenvalue weighted by Gasteiger charge is 2.30. The summed E-state index contributed by atoms with van der Waals surface area (Å²) in [6.45, 7) is 3.03. The van der Waals surface area contributed by atoms with Crippen molar-refractivity contribution in [2.45, 2.75) is 23.1 Å². The second kappa shape index (κ2) is 6.76. The van der Waals surface area contributed by atoms with Gasteiger partial charge in [-0.25, -0.2) is 8.42 Å². The lowest BCUT2D eigenvalue weighted by Gasteiger charge is -2.26. The SMILES string of the molecule is O=S(=O)(c1ccc(Cl)s1)N1CCCN(C2CCSC2)CC1. The lowest BCUT2D eigenvalue weighted by atomic mass is 10.2. The molecule has 0 saturated carbocycles. The fourth-order valence-corrected chi connectivity index (χ4v) is 7.25. The van der Waals surface area contributed by atoms with Gasteiger partial charge in [-0.15, -0.1) is 11.3 Å². The van der Waals surface area contributed by atoms with E-state index >= 15 is 0 Å². The Morgan fingerprint density at radius 2 is 2.05 bits per heavy atom. The van der Waals surface area contributed by atoms with Crippen molar-refractivity contribution in [3.8, 4) is 0 Å². The maximum absolute atomic E-state index is 12.6. The van der Waals surface area contributed by atoms with Gasteiger partial charge in [-0.2, -0.15) is 16.1 Å². The molecule has 8 heteroatoms. The predicted octanol–water partition coefficient (Wildman–Crippen LogP) is 2.60. The van der Waals surface area contributed by atoms with Crippen LogP contribution in [0.1, 0.15) is 12.8 Å². The van der Waals surface area contributed by atoms with Crippen LogP contribution in [0.15, 0.2) is 16.3 Å². The van der Waals surface area contributed by atoms with Crippen LogP contribution >= 0.6 is 34.7 Å². The van der Waals surface area contributed by atoms with Crippen molar-refractivity contribution in [2.24, 2.45) is 0 Å². The van der Waals surface area contributed by atoms with Crippen molar-refractivity contribution in [3.05, 3.63) is 16.5 Å². The van der Waals surface area contributed by atoms with Gasteiger partial charge in [-0.05, 0) is 37.3 Å². The van der Waals surface area contributed by atoms with Crippen LogP contribution in [0.25, 0.3) is 0 Å². The van der Waals surface area contributed by atoms with E-state index in [0.717, 1.165) is 30.8 Å². The zero-order valence-corrected chi connectivity index (χ0v) is 14.9. The summed E-state index contributed by atoms with van der Waals surface area (Å²) >= 11 is 9.01. The minimum atomic E-state index is -3.38. The molecule has 0 bridgehead atoms. The summed E-state index contributed by atoms with van der Waals surface area (Å²) in [5.41, 5.74) is 0. The highest BCUT2D eigenvalue weighted by molar-refractivity contribution is 7.99. The maximum Gasteiger partial charge on any atom is 0.252 e.